The lowest BCUT2D eigenvalue weighted by Gasteiger charge is -2.14. The van der Waals surface area contributed by atoms with Gasteiger partial charge in [0.05, 0.1) is 0 Å². The summed E-state index contributed by atoms with van der Waals surface area (Å²) in [6, 6.07) is 12.2. The summed E-state index contributed by atoms with van der Waals surface area (Å²) in [6.45, 7) is 1.81. The summed E-state index contributed by atoms with van der Waals surface area (Å²) in [5.74, 6) is 1.70. The molecule has 6 heteroatoms. The molecule has 0 unspecified atom stereocenters. The van der Waals surface area contributed by atoms with Crippen LogP contribution in [-0.2, 0) is 4.79 Å². The van der Waals surface area contributed by atoms with Crippen molar-refractivity contribution in [3.8, 4) is 23.0 Å². The highest BCUT2D eigenvalue weighted by Crippen LogP contribution is 2.35. The van der Waals surface area contributed by atoms with E-state index in [-0.39, 0.29) is 6.79 Å². The van der Waals surface area contributed by atoms with Crippen molar-refractivity contribution in [2.24, 2.45) is 0 Å². The number of carbonyl (C=O) groups is 1. The van der Waals surface area contributed by atoms with Gasteiger partial charge in [-0.25, -0.2) is 4.79 Å². The average Bonchev–Trinajstić information content (AvgIpc) is 2.97. The van der Waals surface area contributed by atoms with Gasteiger partial charge in [0.2, 0.25) is 6.79 Å². The molecule has 2 aromatic rings. The first-order chi connectivity index (χ1) is 10.6. The van der Waals surface area contributed by atoms with E-state index in [0.717, 1.165) is 4.47 Å². The van der Waals surface area contributed by atoms with Crippen LogP contribution in [0.2, 0.25) is 0 Å². The third-order valence-corrected chi connectivity index (χ3v) is 3.55. The van der Waals surface area contributed by atoms with Crippen molar-refractivity contribution >= 4 is 21.9 Å². The van der Waals surface area contributed by atoms with Gasteiger partial charge in [0.25, 0.3) is 0 Å². The molecule has 1 heterocycles. The predicted octanol–water partition coefficient (Wildman–Crippen LogP) is 3.55. The number of esters is 1. The molecule has 0 aromatic heterocycles. The van der Waals surface area contributed by atoms with Crippen LogP contribution in [0.5, 0.6) is 23.0 Å². The fourth-order valence-corrected chi connectivity index (χ4v) is 2.17. The Morgan fingerprint density at radius 3 is 2.55 bits per heavy atom. The number of hydrogen-bond donors (Lipinski definition) is 0. The van der Waals surface area contributed by atoms with E-state index in [1.54, 1.807) is 37.3 Å². The summed E-state index contributed by atoms with van der Waals surface area (Å²) >= 11 is 3.34. The maximum Gasteiger partial charge on any atom is 0.352 e. The molecule has 0 amide bonds. The van der Waals surface area contributed by atoms with Crippen LogP contribution in [0.3, 0.4) is 0 Å². The minimum Gasteiger partial charge on any atom is -0.479 e. The van der Waals surface area contributed by atoms with Gasteiger partial charge < -0.3 is 18.9 Å². The second-order valence-corrected chi connectivity index (χ2v) is 5.57. The van der Waals surface area contributed by atoms with E-state index in [9.17, 15) is 4.79 Å². The second kappa shape index (κ2) is 6.27. The molecule has 0 saturated heterocycles. The fraction of sp³-hybridized carbons (Fsp3) is 0.188. The minimum absolute atomic E-state index is 0.176. The van der Waals surface area contributed by atoms with E-state index in [0.29, 0.717) is 23.0 Å². The van der Waals surface area contributed by atoms with E-state index >= 15 is 0 Å². The Morgan fingerprint density at radius 2 is 1.77 bits per heavy atom. The molecule has 0 fully saturated rings. The summed E-state index contributed by atoms with van der Waals surface area (Å²) in [5.41, 5.74) is 0. The lowest BCUT2D eigenvalue weighted by atomic mass is 10.3. The highest BCUT2D eigenvalue weighted by Gasteiger charge is 2.19. The number of carbonyl (C=O) groups excluding carboxylic acids is 1. The smallest absolute Gasteiger partial charge is 0.352 e. The van der Waals surface area contributed by atoms with Crippen LogP contribution in [0.1, 0.15) is 6.92 Å². The van der Waals surface area contributed by atoms with Crippen LogP contribution < -0.4 is 18.9 Å². The zero-order valence-corrected chi connectivity index (χ0v) is 13.3. The molecule has 0 spiro atoms. The highest BCUT2D eigenvalue weighted by atomic mass is 79.9. The first-order valence-corrected chi connectivity index (χ1v) is 7.45. The largest absolute Gasteiger partial charge is 0.479 e. The van der Waals surface area contributed by atoms with E-state index in [4.69, 9.17) is 18.9 Å². The van der Waals surface area contributed by atoms with Gasteiger partial charge in [-0.3, -0.25) is 0 Å². The van der Waals surface area contributed by atoms with Crippen LogP contribution in [0.15, 0.2) is 46.9 Å². The Morgan fingerprint density at radius 1 is 1.09 bits per heavy atom. The molecule has 1 atom stereocenters. The zero-order chi connectivity index (χ0) is 15.5. The van der Waals surface area contributed by atoms with Gasteiger partial charge in [0, 0.05) is 10.5 Å². The molecule has 3 rings (SSSR count). The van der Waals surface area contributed by atoms with E-state index < -0.39 is 12.1 Å². The summed E-state index contributed by atoms with van der Waals surface area (Å²) < 4.78 is 22.2. The maximum atomic E-state index is 12.1. The Balaban J connectivity index is 1.62. The zero-order valence-electron chi connectivity index (χ0n) is 11.7. The van der Waals surface area contributed by atoms with Crippen molar-refractivity contribution in [3.63, 3.8) is 0 Å². The molecule has 22 heavy (non-hydrogen) atoms. The first kappa shape index (κ1) is 14.7. The van der Waals surface area contributed by atoms with Crippen molar-refractivity contribution in [1.29, 1.82) is 0 Å². The van der Waals surface area contributed by atoms with Gasteiger partial charge in [0.15, 0.2) is 17.6 Å². The highest BCUT2D eigenvalue weighted by molar-refractivity contribution is 9.10. The van der Waals surface area contributed by atoms with Crippen LogP contribution in [0, 0.1) is 0 Å². The van der Waals surface area contributed by atoms with Gasteiger partial charge in [0.1, 0.15) is 11.5 Å². The molecule has 1 aliphatic heterocycles. The molecular weight excluding hydrogens is 352 g/mol. The minimum atomic E-state index is -0.730. The number of fused-ring (bicyclic) bond motifs is 1. The topological polar surface area (TPSA) is 54.0 Å². The molecule has 0 saturated carbocycles. The number of benzene rings is 2. The number of rotatable bonds is 4. The van der Waals surface area contributed by atoms with Crippen molar-refractivity contribution < 1.29 is 23.7 Å². The number of halogens is 1. The molecule has 1 aliphatic rings. The van der Waals surface area contributed by atoms with Crippen LogP contribution in [0.25, 0.3) is 0 Å². The Hall–Kier alpha value is -2.21. The normalized spacial score (nSPS) is 13.5. The van der Waals surface area contributed by atoms with E-state index in [1.165, 1.54) is 0 Å². The van der Waals surface area contributed by atoms with Crippen LogP contribution in [0.4, 0.5) is 0 Å². The first-order valence-electron chi connectivity index (χ1n) is 6.65. The van der Waals surface area contributed by atoms with Gasteiger partial charge >= 0.3 is 5.97 Å². The third kappa shape index (κ3) is 3.33. The molecule has 0 aliphatic carbocycles. The van der Waals surface area contributed by atoms with Gasteiger partial charge in [-0.2, -0.15) is 0 Å². The molecular formula is C16H13BrO5. The standard InChI is InChI=1S/C16H13BrO5/c1-10(21-12-4-2-11(17)3-5-12)16(18)22-13-6-7-14-15(8-13)20-9-19-14/h2-8,10H,9H2,1H3/t10-/m1/s1. The molecule has 0 N–H and O–H groups in total. The molecule has 0 bridgehead atoms. The van der Waals surface area contributed by atoms with Crippen LogP contribution >= 0.6 is 15.9 Å². The lowest BCUT2D eigenvalue weighted by Crippen LogP contribution is -2.28. The monoisotopic (exact) mass is 364 g/mol. The van der Waals surface area contributed by atoms with Crippen LogP contribution in [-0.4, -0.2) is 18.9 Å². The SMILES string of the molecule is C[C@@H](Oc1ccc(Br)cc1)C(=O)Oc1ccc2c(c1)OCO2. The Labute approximate surface area is 135 Å². The van der Waals surface area contributed by atoms with Crippen molar-refractivity contribution in [1.82, 2.24) is 0 Å². The fourth-order valence-electron chi connectivity index (χ4n) is 1.90. The lowest BCUT2D eigenvalue weighted by molar-refractivity contribution is -0.141. The van der Waals surface area contributed by atoms with Crippen molar-refractivity contribution in [2.75, 3.05) is 6.79 Å². The van der Waals surface area contributed by atoms with E-state index in [2.05, 4.69) is 15.9 Å². The Kier molecular flexibility index (Phi) is 4.20. The summed E-state index contributed by atoms with van der Waals surface area (Å²) in [5, 5.41) is 0. The predicted molar refractivity (Wildman–Crippen MR) is 82.4 cm³/mol. The molecule has 0 radical (unpaired) electrons. The summed E-state index contributed by atoms with van der Waals surface area (Å²) in [6.07, 6.45) is -0.730. The summed E-state index contributed by atoms with van der Waals surface area (Å²) in [4.78, 5) is 12.1. The molecule has 114 valence electrons. The number of ether oxygens (including phenoxy) is 4. The third-order valence-electron chi connectivity index (χ3n) is 3.02. The summed E-state index contributed by atoms with van der Waals surface area (Å²) in [7, 11) is 0. The van der Waals surface area contributed by atoms with Gasteiger partial charge in [-0.15, -0.1) is 0 Å². The maximum absolute atomic E-state index is 12.1. The van der Waals surface area contributed by atoms with Crippen molar-refractivity contribution in [3.05, 3.63) is 46.9 Å². The van der Waals surface area contributed by atoms with Gasteiger partial charge in [-0.05, 0) is 43.3 Å². The molecule has 2 aromatic carbocycles. The second-order valence-electron chi connectivity index (χ2n) is 4.65. The number of hydrogen-bond acceptors (Lipinski definition) is 5. The van der Waals surface area contributed by atoms with Crippen molar-refractivity contribution in [2.45, 2.75) is 13.0 Å². The molecule has 5 nitrogen and oxygen atoms in total. The Bertz CT molecular complexity index is 683. The van der Waals surface area contributed by atoms with Gasteiger partial charge in [-0.1, -0.05) is 15.9 Å². The van der Waals surface area contributed by atoms with E-state index in [1.807, 2.05) is 12.1 Å². The quantitative estimate of drug-likeness (QED) is 0.613. The average molecular weight is 365 g/mol.